The number of pyridine rings is 2. The van der Waals surface area contributed by atoms with Gasteiger partial charge in [0.05, 0.1) is 0 Å². The lowest BCUT2D eigenvalue weighted by Gasteiger charge is -2.11. The van der Waals surface area contributed by atoms with Crippen molar-refractivity contribution in [1.29, 1.82) is 0 Å². The Balaban J connectivity index is 1.35. The van der Waals surface area contributed by atoms with E-state index in [1.165, 1.54) is 33.2 Å². The van der Waals surface area contributed by atoms with Gasteiger partial charge in [0.1, 0.15) is 5.82 Å². The first-order chi connectivity index (χ1) is 15.3. The zero-order chi connectivity index (χ0) is 21.0. The van der Waals surface area contributed by atoms with Gasteiger partial charge >= 0.3 is 0 Å². The standard InChI is InChI=1S/C28H23N3/c1-20-17-25(13-15-29-20)23-9-7-21(8-10-23)19-31-28-27-12-11-24(18-26(27)14-16-30-28)22-5-3-2-4-6-22/h2-18H,19H2,1H3,(H,30,31). The third-order valence-electron chi connectivity index (χ3n) is 5.52. The Bertz CT molecular complexity index is 1330. The topological polar surface area (TPSA) is 37.8 Å². The number of nitrogens with zero attached hydrogens (tertiary/aromatic N) is 2. The van der Waals surface area contributed by atoms with Crippen molar-refractivity contribution in [2.45, 2.75) is 13.5 Å². The summed E-state index contributed by atoms with van der Waals surface area (Å²) in [5, 5.41) is 5.82. The summed E-state index contributed by atoms with van der Waals surface area (Å²) >= 11 is 0. The molecule has 0 amide bonds. The maximum Gasteiger partial charge on any atom is 0.134 e. The monoisotopic (exact) mass is 401 g/mol. The Labute approximate surface area is 182 Å². The largest absolute Gasteiger partial charge is 0.365 e. The molecule has 0 aliphatic carbocycles. The molecule has 0 aliphatic heterocycles. The van der Waals surface area contributed by atoms with Gasteiger partial charge in [-0.05, 0) is 64.4 Å². The van der Waals surface area contributed by atoms with Gasteiger partial charge in [-0.1, -0.05) is 66.7 Å². The predicted molar refractivity (Wildman–Crippen MR) is 129 cm³/mol. The summed E-state index contributed by atoms with van der Waals surface area (Å²) in [6.45, 7) is 2.74. The molecular formula is C28H23N3. The van der Waals surface area contributed by atoms with E-state index in [9.17, 15) is 0 Å². The summed E-state index contributed by atoms with van der Waals surface area (Å²) in [7, 11) is 0. The average molecular weight is 402 g/mol. The molecule has 0 atom stereocenters. The number of rotatable bonds is 5. The van der Waals surface area contributed by atoms with E-state index in [1.54, 1.807) is 0 Å². The second-order valence-corrected chi connectivity index (χ2v) is 7.70. The SMILES string of the molecule is Cc1cc(-c2ccc(CNc3nccc4cc(-c5ccccc5)ccc34)cc2)ccn1. The lowest BCUT2D eigenvalue weighted by molar-refractivity contribution is 1.12. The van der Waals surface area contributed by atoms with Crippen LogP contribution in [-0.2, 0) is 6.54 Å². The zero-order valence-electron chi connectivity index (χ0n) is 17.4. The number of nitrogens with one attached hydrogen (secondary N) is 1. The lowest BCUT2D eigenvalue weighted by atomic mass is 10.0. The van der Waals surface area contributed by atoms with Crippen LogP contribution in [0.2, 0.25) is 0 Å². The number of fused-ring (bicyclic) bond motifs is 1. The molecule has 0 radical (unpaired) electrons. The summed E-state index contributed by atoms with van der Waals surface area (Å²) in [4.78, 5) is 8.86. The van der Waals surface area contributed by atoms with Crippen LogP contribution in [0.25, 0.3) is 33.0 Å². The molecule has 5 rings (SSSR count). The maximum absolute atomic E-state index is 4.58. The van der Waals surface area contributed by atoms with Crippen LogP contribution in [0.3, 0.4) is 0 Å². The number of aryl methyl sites for hydroxylation is 1. The number of hydrogen-bond acceptors (Lipinski definition) is 3. The molecule has 3 nitrogen and oxygen atoms in total. The smallest absolute Gasteiger partial charge is 0.134 e. The second kappa shape index (κ2) is 8.41. The van der Waals surface area contributed by atoms with E-state index in [0.29, 0.717) is 0 Å². The summed E-state index contributed by atoms with van der Waals surface area (Å²) in [6, 6.07) is 31.9. The van der Waals surface area contributed by atoms with Gasteiger partial charge in [-0.15, -0.1) is 0 Å². The van der Waals surface area contributed by atoms with Crippen molar-refractivity contribution in [2.75, 3.05) is 5.32 Å². The van der Waals surface area contributed by atoms with Crippen molar-refractivity contribution in [3.05, 3.63) is 115 Å². The zero-order valence-corrected chi connectivity index (χ0v) is 17.4. The normalized spacial score (nSPS) is 10.9. The predicted octanol–water partition coefficient (Wildman–Crippen LogP) is 6.88. The van der Waals surface area contributed by atoms with Gasteiger partial charge in [-0.2, -0.15) is 0 Å². The van der Waals surface area contributed by atoms with Crippen molar-refractivity contribution in [2.24, 2.45) is 0 Å². The molecular weight excluding hydrogens is 378 g/mol. The van der Waals surface area contributed by atoms with Gasteiger partial charge < -0.3 is 5.32 Å². The molecule has 3 aromatic carbocycles. The highest BCUT2D eigenvalue weighted by Crippen LogP contribution is 2.28. The Hall–Kier alpha value is -3.98. The molecule has 2 aromatic heterocycles. The molecule has 0 unspecified atom stereocenters. The van der Waals surface area contributed by atoms with Crippen LogP contribution >= 0.6 is 0 Å². The highest BCUT2D eigenvalue weighted by molar-refractivity contribution is 5.94. The summed E-state index contributed by atoms with van der Waals surface area (Å²) in [5.41, 5.74) is 7.07. The van der Waals surface area contributed by atoms with Crippen LogP contribution in [0.4, 0.5) is 5.82 Å². The molecule has 0 saturated heterocycles. The lowest BCUT2D eigenvalue weighted by Crippen LogP contribution is -2.02. The fourth-order valence-corrected chi connectivity index (χ4v) is 3.85. The van der Waals surface area contributed by atoms with Crippen molar-refractivity contribution in [3.8, 4) is 22.3 Å². The van der Waals surface area contributed by atoms with E-state index in [2.05, 4.69) is 94.1 Å². The van der Waals surface area contributed by atoms with E-state index in [1.807, 2.05) is 31.5 Å². The van der Waals surface area contributed by atoms with Crippen molar-refractivity contribution in [1.82, 2.24) is 9.97 Å². The molecule has 3 heteroatoms. The molecule has 1 N–H and O–H groups in total. The first-order valence-electron chi connectivity index (χ1n) is 10.5. The van der Waals surface area contributed by atoms with E-state index in [4.69, 9.17) is 0 Å². The third-order valence-corrected chi connectivity index (χ3v) is 5.52. The molecule has 150 valence electrons. The van der Waals surface area contributed by atoms with Crippen molar-refractivity contribution < 1.29 is 0 Å². The van der Waals surface area contributed by atoms with Gasteiger partial charge in [0.25, 0.3) is 0 Å². The summed E-state index contributed by atoms with van der Waals surface area (Å²) in [6.07, 6.45) is 3.73. The maximum atomic E-state index is 4.58. The highest BCUT2D eigenvalue weighted by Gasteiger charge is 2.05. The van der Waals surface area contributed by atoms with Crippen LogP contribution < -0.4 is 5.32 Å². The van der Waals surface area contributed by atoms with Crippen LogP contribution in [0.1, 0.15) is 11.3 Å². The van der Waals surface area contributed by atoms with Gasteiger partial charge in [0.15, 0.2) is 0 Å². The van der Waals surface area contributed by atoms with E-state index >= 15 is 0 Å². The quantitative estimate of drug-likeness (QED) is 0.349. The molecule has 5 aromatic rings. The van der Waals surface area contributed by atoms with Crippen molar-refractivity contribution in [3.63, 3.8) is 0 Å². The first kappa shape index (κ1) is 19.0. The molecule has 0 aliphatic rings. The molecule has 31 heavy (non-hydrogen) atoms. The highest BCUT2D eigenvalue weighted by atomic mass is 15.0. The molecule has 2 heterocycles. The molecule has 0 saturated carbocycles. The minimum absolute atomic E-state index is 0.724. The Kier molecular flexibility index (Phi) is 5.16. The third kappa shape index (κ3) is 4.17. The van der Waals surface area contributed by atoms with Gasteiger partial charge in [0.2, 0.25) is 0 Å². The summed E-state index contributed by atoms with van der Waals surface area (Å²) in [5.74, 6) is 0.908. The van der Waals surface area contributed by atoms with E-state index < -0.39 is 0 Å². The van der Waals surface area contributed by atoms with Crippen LogP contribution in [0.5, 0.6) is 0 Å². The minimum atomic E-state index is 0.724. The number of aromatic nitrogens is 2. The number of anilines is 1. The van der Waals surface area contributed by atoms with Gasteiger partial charge in [0, 0.05) is 30.0 Å². The average Bonchev–Trinajstić information content (AvgIpc) is 2.83. The summed E-state index contributed by atoms with van der Waals surface area (Å²) < 4.78 is 0. The van der Waals surface area contributed by atoms with Crippen LogP contribution in [0, 0.1) is 6.92 Å². The fraction of sp³-hybridized carbons (Fsp3) is 0.0714. The Morgan fingerprint density at radius 3 is 2.16 bits per heavy atom. The van der Waals surface area contributed by atoms with Gasteiger partial charge in [-0.3, -0.25) is 4.98 Å². The first-order valence-corrected chi connectivity index (χ1v) is 10.5. The second-order valence-electron chi connectivity index (χ2n) is 7.70. The van der Waals surface area contributed by atoms with Crippen molar-refractivity contribution >= 4 is 16.6 Å². The molecule has 0 spiro atoms. The fourth-order valence-electron chi connectivity index (χ4n) is 3.85. The molecule has 0 bridgehead atoms. The van der Waals surface area contributed by atoms with Crippen LogP contribution in [0.15, 0.2) is 103 Å². The van der Waals surface area contributed by atoms with E-state index in [-0.39, 0.29) is 0 Å². The number of benzene rings is 3. The Morgan fingerprint density at radius 2 is 1.35 bits per heavy atom. The minimum Gasteiger partial charge on any atom is -0.365 e. The van der Waals surface area contributed by atoms with Crippen LogP contribution in [-0.4, -0.2) is 9.97 Å². The van der Waals surface area contributed by atoms with Gasteiger partial charge in [-0.25, -0.2) is 4.98 Å². The molecule has 0 fully saturated rings. The Morgan fingerprint density at radius 1 is 0.645 bits per heavy atom. The van der Waals surface area contributed by atoms with E-state index in [0.717, 1.165) is 23.4 Å². The number of hydrogen-bond donors (Lipinski definition) is 1.